The number of hydrogen-bond acceptors (Lipinski definition) is 2. The molecule has 1 heterocycles. The zero-order chi connectivity index (χ0) is 15.0. The lowest BCUT2D eigenvalue weighted by atomic mass is 9.76. The number of benzene rings is 1. The molecule has 0 saturated carbocycles. The van der Waals surface area contributed by atoms with Crippen molar-refractivity contribution in [1.82, 2.24) is 0 Å². The maximum Gasteiger partial charge on any atom is 0.416 e. The smallest absolute Gasteiger partial charge is 0.385 e. The lowest BCUT2D eigenvalue weighted by molar-refractivity contribution is -0.166. The van der Waals surface area contributed by atoms with Crippen LogP contribution in [0.2, 0.25) is 0 Å². The molecule has 1 saturated heterocycles. The van der Waals surface area contributed by atoms with Crippen LogP contribution in [0, 0.1) is 0 Å². The first-order valence-corrected chi connectivity index (χ1v) is 6.73. The van der Waals surface area contributed by atoms with Crippen molar-refractivity contribution in [2.24, 2.45) is 0 Å². The van der Waals surface area contributed by atoms with Crippen LogP contribution in [0.3, 0.4) is 0 Å². The topological polar surface area (TPSA) is 29.5 Å². The van der Waals surface area contributed by atoms with Gasteiger partial charge in [0.05, 0.1) is 23.4 Å². The Kier molecular flexibility index (Phi) is 3.86. The Hall–Kier alpha value is -1.07. The number of hydrogen-bond donors (Lipinski definition) is 1. The Labute approximate surface area is 116 Å². The average molecular weight is 288 g/mol. The summed E-state index contributed by atoms with van der Waals surface area (Å²) in [5.41, 5.74) is -2.89. The first kappa shape index (κ1) is 15.3. The number of halogens is 3. The van der Waals surface area contributed by atoms with Gasteiger partial charge in [-0.2, -0.15) is 13.2 Å². The molecular formula is C15H19F3O2. The molecule has 1 aliphatic rings. The van der Waals surface area contributed by atoms with Gasteiger partial charge in [0.25, 0.3) is 0 Å². The number of rotatable bonds is 2. The summed E-state index contributed by atoms with van der Waals surface area (Å²) in [4.78, 5) is 0. The molecule has 2 unspecified atom stereocenters. The summed E-state index contributed by atoms with van der Waals surface area (Å²) < 4.78 is 44.9. The van der Waals surface area contributed by atoms with E-state index in [1.54, 1.807) is 0 Å². The van der Waals surface area contributed by atoms with Gasteiger partial charge in [-0.15, -0.1) is 0 Å². The summed E-state index contributed by atoms with van der Waals surface area (Å²) in [6.45, 7) is 3.99. The maximum absolute atomic E-state index is 13.1. The lowest BCUT2D eigenvalue weighted by Gasteiger charge is -2.44. The molecule has 0 aliphatic carbocycles. The van der Waals surface area contributed by atoms with E-state index in [0.29, 0.717) is 6.42 Å². The molecule has 2 atom stereocenters. The van der Waals surface area contributed by atoms with E-state index in [0.717, 1.165) is 6.07 Å². The highest BCUT2D eigenvalue weighted by atomic mass is 19.4. The number of alkyl halides is 3. The minimum absolute atomic E-state index is 0.0459. The van der Waals surface area contributed by atoms with Crippen molar-refractivity contribution in [1.29, 1.82) is 0 Å². The van der Waals surface area contributed by atoms with Crippen LogP contribution in [-0.4, -0.2) is 17.3 Å². The van der Waals surface area contributed by atoms with E-state index in [2.05, 4.69) is 0 Å². The van der Waals surface area contributed by atoms with Crippen LogP contribution < -0.4 is 0 Å². The Balaban J connectivity index is 2.45. The maximum atomic E-state index is 13.1. The molecule has 20 heavy (non-hydrogen) atoms. The highest BCUT2D eigenvalue weighted by Crippen LogP contribution is 2.45. The first-order chi connectivity index (χ1) is 9.20. The summed E-state index contributed by atoms with van der Waals surface area (Å²) in [5, 5.41) is 10.8. The molecule has 5 heteroatoms. The minimum Gasteiger partial charge on any atom is -0.385 e. The summed E-state index contributed by atoms with van der Waals surface area (Å²) in [6.07, 6.45) is -3.48. The van der Waals surface area contributed by atoms with Crippen LogP contribution in [-0.2, 0) is 16.5 Å². The Morgan fingerprint density at radius 2 is 1.95 bits per heavy atom. The third kappa shape index (κ3) is 2.83. The van der Waals surface area contributed by atoms with Gasteiger partial charge in [-0.3, -0.25) is 0 Å². The predicted molar refractivity (Wildman–Crippen MR) is 69.2 cm³/mol. The zero-order valence-corrected chi connectivity index (χ0v) is 11.6. The quantitative estimate of drug-likeness (QED) is 0.895. The molecule has 0 aromatic heterocycles. The van der Waals surface area contributed by atoms with Gasteiger partial charge in [0.1, 0.15) is 0 Å². The van der Waals surface area contributed by atoms with Gasteiger partial charge in [0.15, 0.2) is 0 Å². The summed E-state index contributed by atoms with van der Waals surface area (Å²) in [7, 11) is 0. The van der Waals surface area contributed by atoms with Gasteiger partial charge in [-0.1, -0.05) is 25.1 Å². The minimum atomic E-state index is -4.47. The van der Waals surface area contributed by atoms with Crippen LogP contribution in [0.1, 0.15) is 44.2 Å². The van der Waals surface area contributed by atoms with E-state index in [1.165, 1.54) is 18.2 Å². The lowest BCUT2D eigenvalue weighted by Crippen LogP contribution is -2.46. The molecule has 2 nitrogen and oxygen atoms in total. The third-order valence-electron chi connectivity index (χ3n) is 4.11. The van der Waals surface area contributed by atoms with Crippen LogP contribution in [0.5, 0.6) is 0 Å². The molecular weight excluding hydrogens is 269 g/mol. The molecule has 2 rings (SSSR count). The van der Waals surface area contributed by atoms with Crippen molar-refractivity contribution in [2.75, 3.05) is 6.61 Å². The van der Waals surface area contributed by atoms with E-state index in [9.17, 15) is 18.3 Å². The van der Waals surface area contributed by atoms with Crippen LogP contribution in [0.15, 0.2) is 24.3 Å². The molecule has 0 radical (unpaired) electrons. The van der Waals surface area contributed by atoms with Gasteiger partial charge < -0.3 is 9.84 Å². The normalized spacial score (nSPS) is 31.3. The van der Waals surface area contributed by atoms with E-state index < -0.39 is 22.9 Å². The fourth-order valence-electron chi connectivity index (χ4n) is 2.82. The fraction of sp³-hybridized carbons (Fsp3) is 0.600. The van der Waals surface area contributed by atoms with Gasteiger partial charge >= 0.3 is 6.18 Å². The Bertz CT molecular complexity index is 486. The fourth-order valence-corrected chi connectivity index (χ4v) is 2.82. The standard InChI is InChI=1S/C15H19F3O2/c1-3-13(2)10-14(19,8-9-20-13)11-6-4-5-7-12(11)15(16,17)18/h4-7,19H,3,8-10H2,1-2H3. The van der Waals surface area contributed by atoms with Crippen molar-refractivity contribution in [3.8, 4) is 0 Å². The Morgan fingerprint density at radius 1 is 1.30 bits per heavy atom. The molecule has 0 bridgehead atoms. The average Bonchev–Trinajstić information content (AvgIpc) is 2.38. The van der Waals surface area contributed by atoms with Gasteiger partial charge in [-0.05, 0) is 25.0 Å². The van der Waals surface area contributed by atoms with Gasteiger partial charge in [0.2, 0.25) is 0 Å². The van der Waals surface area contributed by atoms with Crippen LogP contribution in [0.4, 0.5) is 13.2 Å². The molecule has 1 N–H and O–H groups in total. The predicted octanol–water partition coefficient (Wildman–Crippen LogP) is 3.87. The van der Waals surface area contributed by atoms with Crippen molar-refractivity contribution in [3.05, 3.63) is 35.4 Å². The monoisotopic (exact) mass is 288 g/mol. The highest BCUT2D eigenvalue weighted by molar-refractivity contribution is 5.35. The van der Waals surface area contributed by atoms with E-state index in [4.69, 9.17) is 4.74 Å². The summed E-state index contributed by atoms with van der Waals surface area (Å²) in [6, 6.07) is 5.26. The first-order valence-electron chi connectivity index (χ1n) is 6.73. The second-order valence-corrected chi connectivity index (χ2v) is 5.65. The van der Waals surface area contributed by atoms with Crippen LogP contribution >= 0.6 is 0 Å². The van der Waals surface area contributed by atoms with E-state index in [1.807, 2.05) is 13.8 Å². The molecule has 0 amide bonds. The second-order valence-electron chi connectivity index (χ2n) is 5.65. The molecule has 112 valence electrons. The highest BCUT2D eigenvalue weighted by Gasteiger charge is 2.46. The third-order valence-corrected chi connectivity index (χ3v) is 4.11. The molecule has 0 spiro atoms. The molecule has 1 aliphatic heterocycles. The van der Waals surface area contributed by atoms with E-state index >= 15 is 0 Å². The SMILES string of the molecule is CCC1(C)CC(O)(c2ccccc2C(F)(F)F)CCO1. The van der Waals surface area contributed by atoms with Crippen molar-refractivity contribution in [2.45, 2.75) is 50.5 Å². The van der Waals surface area contributed by atoms with Crippen molar-refractivity contribution < 1.29 is 23.0 Å². The van der Waals surface area contributed by atoms with Crippen molar-refractivity contribution >= 4 is 0 Å². The number of aliphatic hydroxyl groups is 1. The van der Waals surface area contributed by atoms with Crippen LogP contribution in [0.25, 0.3) is 0 Å². The summed E-state index contributed by atoms with van der Waals surface area (Å²) in [5.74, 6) is 0. The molecule has 1 aromatic carbocycles. The zero-order valence-electron chi connectivity index (χ0n) is 11.6. The van der Waals surface area contributed by atoms with Crippen molar-refractivity contribution in [3.63, 3.8) is 0 Å². The number of ether oxygens (including phenoxy) is 1. The summed E-state index contributed by atoms with van der Waals surface area (Å²) >= 11 is 0. The molecule has 1 fully saturated rings. The largest absolute Gasteiger partial charge is 0.416 e. The van der Waals surface area contributed by atoms with E-state index in [-0.39, 0.29) is 25.0 Å². The Morgan fingerprint density at radius 3 is 2.55 bits per heavy atom. The second kappa shape index (κ2) is 5.04. The van der Waals surface area contributed by atoms with Gasteiger partial charge in [-0.25, -0.2) is 0 Å². The molecule has 1 aromatic rings. The van der Waals surface area contributed by atoms with Gasteiger partial charge in [0, 0.05) is 12.8 Å².